The van der Waals surface area contributed by atoms with Crippen LogP contribution in [0, 0.1) is 5.92 Å². The third-order valence-corrected chi connectivity index (χ3v) is 2.71. The molecule has 0 bridgehead atoms. The molecule has 22 heavy (non-hydrogen) atoms. The lowest BCUT2D eigenvalue weighted by molar-refractivity contribution is -0.192. The Balaban J connectivity index is 5.53. The van der Waals surface area contributed by atoms with E-state index in [0.29, 0.717) is 0 Å². The molecule has 1 amide bonds. The highest BCUT2D eigenvalue weighted by molar-refractivity contribution is 6.06. The Kier molecular flexibility index (Phi) is 7.51. The lowest BCUT2D eigenvalue weighted by Gasteiger charge is -2.29. The summed E-state index contributed by atoms with van der Waals surface area (Å²) in [5.74, 6) is -4.36. The summed E-state index contributed by atoms with van der Waals surface area (Å²) < 4.78 is 18.6. The normalized spacial score (nSPS) is 12.3. The zero-order valence-corrected chi connectivity index (χ0v) is 13.4. The molecule has 0 saturated carbocycles. The summed E-state index contributed by atoms with van der Waals surface area (Å²) in [7, 11) is 3.04. The van der Waals surface area contributed by atoms with Crippen LogP contribution in [-0.4, -0.2) is 57.0 Å². The zero-order valence-electron chi connectivity index (χ0n) is 13.4. The zero-order chi connectivity index (χ0) is 17.5. The summed E-state index contributed by atoms with van der Waals surface area (Å²) in [6.07, 6.45) is -1.22. The van der Waals surface area contributed by atoms with Crippen LogP contribution in [0.5, 0.6) is 0 Å². The number of nitrogens with one attached hydrogen (secondary N) is 1. The van der Waals surface area contributed by atoms with E-state index in [-0.39, 0.29) is 0 Å². The Morgan fingerprint density at radius 3 is 1.68 bits per heavy atom. The summed E-state index contributed by atoms with van der Waals surface area (Å²) in [4.78, 5) is 47.0. The van der Waals surface area contributed by atoms with E-state index in [1.165, 1.54) is 0 Å². The van der Waals surface area contributed by atoms with Crippen molar-refractivity contribution in [3.63, 3.8) is 0 Å². The van der Waals surface area contributed by atoms with Gasteiger partial charge in [0.05, 0.1) is 14.2 Å². The molecule has 0 radical (unpaired) electrons. The lowest BCUT2D eigenvalue weighted by atomic mass is 10.1. The fourth-order valence-corrected chi connectivity index (χ4v) is 1.61. The molecule has 0 rings (SSSR count). The summed E-state index contributed by atoms with van der Waals surface area (Å²) in [5.41, 5.74) is -2.48. The van der Waals surface area contributed by atoms with Crippen molar-refractivity contribution in [1.29, 1.82) is 0 Å². The molecule has 0 saturated heterocycles. The van der Waals surface area contributed by atoms with E-state index in [9.17, 15) is 19.2 Å². The molecule has 0 spiro atoms. The van der Waals surface area contributed by atoms with Gasteiger partial charge in [0.25, 0.3) is 5.91 Å². The number of amides is 1. The smallest absolute Gasteiger partial charge is 0.372 e. The van der Waals surface area contributed by atoms with E-state index in [2.05, 4.69) is 14.8 Å². The summed E-state index contributed by atoms with van der Waals surface area (Å²) >= 11 is 0. The molecule has 0 unspecified atom stereocenters. The van der Waals surface area contributed by atoms with Crippen molar-refractivity contribution >= 4 is 23.8 Å². The molecule has 0 aromatic carbocycles. The molecule has 0 fully saturated rings. The summed E-state index contributed by atoms with van der Waals surface area (Å²) in [5, 5.41) is 2.08. The number of methoxy groups -OCH3 is 3. The monoisotopic (exact) mass is 319 g/mol. The molecule has 9 heteroatoms. The van der Waals surface area contributed by atoms with Crippen LogP contribution in [0.15, 0.2) is 0 Å². The van der Waals surface area contributed by atoms with Crippen molar-refractivity contribution in [1.82, 2.24) is 5.32 Å². The van der Waals surface area contributed by atoms with E-state index in [0.717, 1.165) is 28.3 Å². The van der Waals surface area contributed by atoms with Crippen molar-refractivity contribution in [2.75, 3.05) is 21.3 Å². The molecule has 1 N–H and O–H groups in total. The molecule has 0 aliphatic rings. The van der Waals surface area contributed by atoms with E-state index >= 15 is 0 Å². The average Bonchev–Trinajstić information content (AvgIpc) is 2.47. The highest BCUT2D eigenvalue weighted by Crippen LogP contribution is 2.15. The van der Waals surface area contributed by atoms with Crippen LogP contribution in [0.2, 0.25) is 0 Å². The Morgan fingerprint density at radius 1 is 0.955 bits per heavy atom. The van der Waals surface area contributed by atoms with Crippen LogP contribution >= 0.6 is 0 Å². The molecule has 9 nitrogen and oxygen atoms in total. The Labute approximate surface area is 128 Å². The first-order chi connectivity index (χ1) is 10.2. The van der Waals surface area contributed by atoms with E-state index in [1.807, 2.05) is 0 Å². The van der Waals surface area contributed by atoms with Gasteiger partial charge < -0.3 is 24.3 Å². The fourth-order valence-electron chi connectivity index (χ4n) is 1.61. The summed E-state index contributed by atoms with van der Waals surface area (Å²) in [6.45, 7) is 4.38. The minimum Gasteiger partial charge on any atom is -0.465 e. The van der Waals surface area contributed by atoms with E-state index in [4.69, 9.17) is 9.47 Å². The van der Waals surface area contributed by atoms with Gasteiger partial charge in [-0.1, -0.05) is 13.8 Å². The molecule has 0 aromatic rings. The van der Waals surface area contributed by atoms with Gasteiger partial charge in [-0.3, -0.25) is 9.59 Å². The Morgan fingerprint density at radius 2 is 1.41 bits per heavy atom. The number of hydrogen-bond acceptors (Lipinski definition) is 8. The van der Waals surface area contributed by atoms with Gasteiger partial charge in [-0.05, 0) is 5.92 Å². The molecule has 0 aromatic heterocycles. The number of hydrogen-bond donors (Lipinski definition) is 1. The van der Waals surface area contributed by atoms with Gasteiger partial charge >= 0.3 is 23.6 Å². The minimum absolute atomic E-state index is 0.409. The number of carbonyl (C=O) groups is 4. The van der Waals surface area contributed by atoms with Gasteiger partial charge in [-0.2, -0.15) is 0 Å². The van der Waals surface area contributed by atoms with Crippen molar-refractivity contribution in [2.24, 2.45) is 5.92 Å². The third kappa shape index (κ3) is 4.42. The fraction of sp³-hybridized carbons (Fsp3) is 0.692. The molecule has 0 aliphatic carbocycles. The minimum atomic E-state index is -2.48. The quantitative estimate of drug-likeness (QED) is 0.285. The van der Waals surface area contributed by atoms with Crippen LogP contribution in [0.1, 0.15) is 20.8 Å². The van der Waals surface area contributed by atoms with Gasteiger partial charge in [-0.15, -0.1) is 0 Å². The SMILES string of the molecule is COC(=O)C(NC(=O)[C@@H](OC(C)=O)C(C)C)(OC)C(=O)OC. The van der Waals surface area contributed by atoms with Gasteiger partial charge in [0.1, 0.15) is 0 Å². The molecular formula is C13H21NO8. The highest BCUT2D eigenvalue weighted by atomic mass is 16.6. The van der Waals surface area contributed by atoms with E-state index < -0.39 is 41.6 Å². The van der Waals surface area contributed by atoms with Crippen LogP contribution in [0.25, 0.3) is 0 Å². The molecule has 0 aliphatic heterocycles. The standard InChI is InChI=1S/C13H21NO8/c1-7(2)9(22-8(3)15)10(16)14-13(21-6,11(17)19-4)12(18)20-5/h7,9H,1-6H3,(H,14,16)/t9-/m0/s1. The van der Waals surface area contributed by atoms with Crippen molar-refractivity contribution in [3.8, 4) is 0 Å². The number of carbonyl (C=O) groups excluding carboxylic acids is 4. The van der Waals surface area contributed by atoms with Crippen LogP contribution in [0.4, 0.5) is 0 Å². The first kappa shape index (κ1) is 19.8. The maximum Gasteiger partial charge on any atom is 0.372 e. The van der Waals surface area contributed by atoms with Gasteiger partial charge in [-0.25, -0.2) is 9.59 Å². The Hall–Kier alpha value is -2.16. The van der Waals surface area contributed by atoms with Gasteiger partial charge in [0.15, 0.2) is 6.10 Å². The van der Waals surface area contributed by atoms with E-state index in [1.54, 1.807) is 13.8 Å². The van der Waals surface area contributed by atoms with Gasteiger partial charge in [0.2, 0.25) is 0 Å². The average molecular weight is 319 g/mol. The second-order valence-corrected chi connectivity index (χ2v) is 4.63. The first-order valence-corrected chi connectivity index (χ1v) is 6.37. The molecule has 0 heterocycles. The number of rotatable bonds is 7. The van der Waals surface area contributed by atoms with Gasteiger partial charge in [0, 0.05) is 14.0 Å². The number of esters is 3. The highest BCUT2D eigenvalue weighted by Gasteiger charge is 2.52. The second-order valence-electron chi connectivity index (χ2n) is 4.63. The molecular weight excluding hydrogens is 298 g/mol. The Bertz CT molecular complexity index is 429. The van der Waals surface area contributed by atoms with Crippen LogP contribution in [0.3, 0.4) is 0 Å². The topological polar surface area (TPSA) is 117 Å². The predicted molar refractivity (Wildman–Crippen MR) is 72.3 cm³/mol. The van der Waals surface area contributed by atoms with Crippen LogP contribution < -0.4 is 5.32 Å². The maximum atomic E-state index is 12.3. The van der Waals surface area contributed by atoms with Crippen LogP contribution in [-0.2, 0) is 38.1 Å². The molecule has 1 atom stereocenters. The molecule has 126 valence electrons. The first-order valence-electron chi connectivity index (χ1n) is 6.37. The number of ether oxygens (including phenoxy) is 4. The van der Waals surface area contributed by atoms with Crippen molar-refractivity contribution in [2.45, 2.75) is 32.6 Å². The summed E-state index contributed by atoms with van der Waals surface area (Å²) in [6, 6.07) is 0. The largest absolute Gasteiger partial charge is 0.465 e. The second kappa shape index (κ2) is 8.32. The third-order valence-electron chi connectivity index (χ3n) is 2.71. The predicted octanol–water partition coefficient (Wildman–Crippen LogP) is -0.621. The van der Waals surface area contributed by atoms with Crippen molar-refractivity contribution in [3.05, 3.63) is 0 Å². The lowest BCUT2D eigenvalue weighted by Crippen LogP contribution is -2.64. The van der Waals surface area contributed by atoms with Crippen molar-refractivity contribution < 1.29 is 38.1 Å². The maximum absolute atomic E-state index is 12.3.